The molecule has 13 nitrogen and oxygen atoms in total. The minimum Gasteiger partial charge on any atom is -0.464 e. The lowest BCUT2D eigenvalue weighted by atomic mass is 10.0. The molecular formula is C21H24N4O9S. The van der Waals surface area contributed by atoms with Gasteiger partial charge in [0.2, 0.25) is 21.8 Å². The van der Waals surface area contributed by atoms with Crippen molar-refractivity contribution in [2.45, 2.75) is 36.8 Å². The number of nitro groups is 1. The molecule has 14 heteroatoms. The second-order valence-corrected chi connectivity index (χ2v) is 8.77. The molecule has 5 N–H and O–H groups in total. The second kappa shape index (κ2) is 12.0. The van der Waals surface area contributed by atoms with E-state index in [4.69, 9.17) is 9.88 Å². The molecule has 2 amide bonds. The Balaban J connectivity index is 1.99. The van der Waals surface area contributed by atoms with E-state index in [2.05, 4.69) is 10.6 Å². The van der Waals surface area contributed by atoms with E-state index in [9.17, 15) is 38.0 Å². The minimum absolute atomic E-state index is 0.0230. The van der Waals surface area contributed by atoms with E-state index in [1.165, 1.54) is 43.3 Å². The first kappa shape index (κ1) is 27.4. The standard InChI is InChI=1S/C21H24N4O9S/c1-2-34-21(29)19(20(28)13-3-7-15(8-4-13)25(30)31)24-18(27)12-11-17(26)23-14-5-9-16(10-6-14)35(22,32)33/h3-10,19-20,28H,2,11-12H2,1H3,(H,23,26)(H,24,27)(H2,22,32,33)/t19-,20+/m1/s1. The van der Waals surface area contributed by atoms with Crippen molar-refractivity contribution in [2.75, 3.05) is 11.9 Å². The van der Waals surface area contributed by atoms with Crippen LogP contribution in [0.4, 0.5) is 11.4 Å². The fourth-order valence-electron chi connectivity index (χ4n) is 2.91. The maximum absolute atomic E-state index is 12.4. The first-order valence-electron chi connectivity index (χ1n) is 10.2. The Kier molecular flexibility index (Phi) is 9.39. The molecule has 2 aromatic carbocycles. The van der Waals surface area contributed by atoms with Gasteiger partial charge in [-0.15, -0.1) is 0 Å². The first-order valence-corrected chi connectivity index (χ1v) is 11.8. The number of amides is 2. The van der Waals surface area contributed by atoms with Gasteiger partial charge in [0.05, 0.1) is 16.4 Å². The monoisotopic (exact) mass is 508 g/mol. The van der Waals surface area contributed by atoms with Gasteiger partial charge in [0.25, 0.3) is 5.69 Å². The summed E-state index contributed by atoms with van der Waals surface area (Å²) in [5, 5.41) is 31.2. The van der Waals surface area contributed by atoms with Crippen molar-refractivity contribution < 1.29 is 37.6 Å². The molecule has 0 spiro atoms. The molecule has 0 saturated heterocycles. The molecule has 2 rings (SSSR count). The number of sulfonamides is 1. The van der Waals surface area contributed by atoms with E-state index in [1.54, 1.807) is 0 Å². The lowest BCUT2D eigenvalue weighted by molar-refractivity contribution is -0.384. The summed E-state index contributed by atoms with van der Waals surface area (Å²) in [6.45, 7) is 1.51. The van der Waals surface area contributed by atoms with Crippen LogP contribution in [-0.2, 0) is 29.1 Å². The highest BCUT2D eigenvalue weighted by molar-refractivity contribution is 7.89. The third-order valence-corrected chi connectivity index (χ3v) is 5.59. The van der Waals surface area contributed by atoms with Crippen molar-refractivity contribution >= 4 is 39.2 Å². The van der Waals surface area contributed by atoms with Gasteiger partial charge in [-0.1, -0.05) is 0 Å². The van der Waals surface area contributed by atoms with Crippen LogP contribution in [0.1, 0.15) is 31.4 Å². The van der Waals surface area contributed by atoms with Crippen molar-refractivity contribution in [2.24, 2.45) is 5.14 Å². The number of nitro benzene ring substituents is 1. The highest BCUT2D eigenvalue weighted by atomic mass is 32.2. The largest absolute Gasteiger partial charge is 0.464 e. The molecule has 188 valence electrons. The zero-order valence-corrected chi connectivity index (χ0v) is 19.4. The molecule has 0 aliphatic rings. The Morgan fingerprint density at radius 3 is 2.14 bits per heavy atom. The van der Waals surface area contributed by atoms with Crippen LogP contribution in [0.15, 0.2) is 53.4 Å². The minimum atomic E-state index is -3.88. The summed E-state index contributed by atoms with van der Waals surface area (Å²) in [6, 6.07) is 8.33. The van der Waals surface area contributed by atoms with E-state index < -0.39 is 44.9 Å². The number of primary sulfonamides is 1. The average Bonchev–Trinajstić information content (AvgIpc) is 2.80. The van der Waals surface area contributed by atoms with Gasteiger partial charge < -0.3 is 20.5 Å². The van der Waals surface area contributed by atoms with Crippen molar-refractivity contribution in [1.82, 2.24) is 5.32 Å². The van der Waals surface area contributed by atoms with E-state index in [1.807, 2.05) is 0 Å². The maximum Gasteiger partial charge on any atom is 0.331 e. The molecule has 2 atom stereocenters. The van der Waals surface area contributed by atoms with Crippen molar-refractivity contribution in [3.8, 4) is 0 Å². The molecule has 0 saturated carbocycles. The van der Waals surface area contributed by atoms with Crippen LogP contribution >= 0.6 is 0 Å². The predicted molar refractivity (Wildman–Crippen MR) is 122 cm³/mol. The summed E-state index contributed by atoms with van der Waals surface area (Å²) in [7, 11) is -3.88. The predicted octanol–water partition coefficient (Wildman–Crippen LogP) is 0.742. The molecule has 0 radical (unpaired) electrons. The number of hydrogen-bond acceptors (Lipinski definition) is 9. The average molecular weight is 509 g/mol. The SMILES string of the molecule is CCOC(=O)[C@H](NC(=O)CCC(=O)Nc1ccc(S(N)(=O)=O)cc1)[C@@H](O)c1ccc([N+](=O)[O-])cc1. The van der Waals surface area contributed by atoms with Crippen LogP contribution in [0.25, 0.3) is 0 Å². The number of nitrogens with one attached hydrogen (secondary N) is 2. The normalized spacial score (nSPS) is 12.8. The number of anilines is 1. The fraction of sp³-hybridized carbons (Fsp3) is 0.286. The van der Waals surface area contributed by atoms with Gasteiger partial charge in [0.1, 0.15) is 6.10 Å². The molecule has 0 aliphatic heterocycles. The molecular weight excluding hydrogens is 484 g/mol. The molecule has 0 aromatic heterocycles. The summed E-state index contributed by atoms with van der Waals surface area (Å²) in [4.78, 5) is 46.9. The highest BCUT2D eigenvalue weighted by Gasteiger charge is 2.31. The van der Waals surface area contributed by atoms with Gasteiger partial charge in [0, 0.05) is 30.7 Å². The smallest absolute Gasteiger partial charge is 0.331 e. The number of non-ortho nitro benzene ring substituents is 1. The van der Waals surface area contributed by atoms with Gasteiger partial charge in [-0.05, 0) is 48.9 Å². The van der Waals surface area contributed by atoms with Gasteiger partial charge in [0.15, 0.2) is 6.04 Å². The third kappa shape index (κ3) is 8.13. The number of aliphatic hydroxyl groups is 1. The van der Waals surface area contributed by atoms with Gasteiger partial charge in [-0.25, -0.2) is 18.4 Å². The second-order valence-electron chi connectivity index (χ2n) is 7.21. The van der Waals surface area contributed by atoms with Crippen LogP contribution in [0.3, 0.4) is 0 Å². The van der Waals surface area contributed by atoms with E-state index >= 15 is 0 Å². The maximum atomic E-state index is 12.4. The summed E-state index contributed by atoms with van der Waals surface area (Å²) >= 11 is 0. The molecule has 0 bridgehead atoms. The Morgan fingerprint density at radius 1 is 1.06 bits per heavy atom. The molecule has 0 unspecified atom stereocenters. The Labute approximate surface area is 200 Å². The van der Waals surface area contributed by atoms with E-state index in [0.717, 1.165) is 12.1 Å². The number of carbonyl (C=O) groups excluding carboxylic acids is 3. The van der Waals surface area contributed by atoms with Crippen LogP contribution in [-0.4, -0.2) is 48.9 Å². The number of rotatable bonds is 11. The zero-order valence-electron chi connectivity index (χ0n) is 18.5. The number of hydrogen-bond donors (Lipinski definition) is 4. The van der Waals surface area contributed by atoms with E-state index in [-0.39, 0.29) is 41.3 Å². The van der Waals surface area contributed by atoms with Crippen LogP contribution in [0.2, 0.25) is 0 Å². The quantitative estimate of drug-likeness (QED) is 0.191. The Bertz CT molecular complexity index is 1180. The highest BCUT2D eigenvalue weighted by Crippen LogP contribution is 2.21. The number of ether oxygens (including phenoxy) is 1. The molecule has 2 aromatic rings. The summed E-state index contributed by atoms with van der Waals surface area (Å²) < 4.78 is 27.4. The van der Waals surface area contributed by atoms with Crippen molar-refractivity contribution in [3.63, 3.8) is 0 Å². The molecule has 0 fully saturated rings. The van der Waals surface area contributed by atoms with E-state index in [0.29, 0.717) is 0 Å². The lowest BCUT2D eigenvalue weighted by Crippen LogP contribution is -2.46. The van der Waals surface area contributed by atoms with Crippen LogP contribution < -0.4 is 15.8 Å². The number of carbonyl (C=O) groups is 3. The number of nitrogens with zero attached hydrogens (tertiary/aromatic N) is 1. The first-order chi connectivity index (χ1) is 16.4. The number of nitrogens with two attached hydrogens (primary N) is 1. The molecule has 35 heavy (non-hydrogen) atoms. The van der Waals surface area contributed by atoms with Gasteiger partial charge in [-0.2, -0.15) is 0 Å². The Hall–Kier alpha value is -3.88. The third-order valence-electron chi connectivity index (χ3n) is 4.66. The summed E-state index contributed by atoms with van der Waals surface area (Å²) in [5.74, 6) is -2.22. The number of benzene rings is 2. The van der Waals surface area contributed by atoms with Crippen LogP contribution in [0.5, 0.6) is 0 Å². The van der Waals surface area contributed by atoms with Gasteiger partial charge >= 0.3 is 5.97 Å². The van der Waals surface area contributed by atoms with Gasteiger partial charge in [-0.3, -0.25) is 19.7 Å². The van der Waals surface area contributed by atoms with Crippen molar-refractivity contribution in [3.05, 3.63) is 64.2 Å². The number of esters is 1. The Morgan fingerprint density at radius 2 is 1.63 bits per heavy atom. The zero-order chi connectivity index (χ0) is 26.2. The van der Waals surface area contributed by atoms with Crippen molar-refractivity contribution in [1.29, 1.82) is 0 Å². The lowest BCUT2D eigenvalue weighted by Gasteiger charge is -2.22. The summed E-state index contributed by atoms with van der Waals surface area (Å²) in [5.41, 5.74) is 0.193. The molecule has 0 aliphatic carbocycles. The number of aliphatic hydroxyl groups excluding tert-OH is 1. The topological polar surface area (TPSA) is 208 Å². The fourth-order valence-corrected chi connectivity index (χ4v) is 3.42. The molecule has 0 heterocycles. The van der Waals surface area contributed by atoms with Crippen LogP contribution in [0, 0.1) is 10.1 Å². The summed E-state index contributed by atoms with van der Waals surface area (Å²) in [6.07, 6.45) is -2.19.